The number of hydrogen-bond acceptors (Lipinski definition) is 6. The summed E-state index contributed by atoms with van der Waals surface area (Å²) in [7, 11) is 0. The van der Waals surface area contributed by atoms with E-state index in [1.165, 1.54) is 0 Å². The molecule has 15 heteroatoms. The number of aromatic amines is 1. The Balaban J connectivity index is 0.000000521. The van der Waals surface area contributed by atoms with Crippen molar-refractivity contribution in [3.63, 3.8) is 0 Å². The van der Waals surface area contributed by atoms with Gasteiger partial charge in [-0.2, -0.15) is 26.3 Å². The monoisotopic (exact) mass is 536 g/mol. The third-order valence-electron chi connectivity index (χ3n) is 4.86. The summed E-state index contributed by atoms with van der Waals surface area (Å²) in [6.07, 6.45) is -10.2. The van der Waals surface area contributed by atoms with Gasteiger partial charge in [-0.25, -0.2) is 9.61 Å². The van der Waals surface area contributed by atoms with Crippen molar-refractivity contribution in [3.8, 4) is 0 Å². The first-order valence-corrected chi connectivity index (χ1v) is 10.9. The molecule has 0 radical (unpaired) electrons. The van der Waals surface area contributed by atoms with Gasteiger partial charge in [0.15, 0.2) is 5.69 Å². The number of nitrogens with zero attached hydrogens (tertiary/aromatic N) is 3. The van der Waals surface area contributed by atoms with Crippen molar-refractivity contribution in [2.45, 2.75) is 66.0 Å². The zero-order chi connectivity index (χ0) is 28.0. The molecule has 0 aliphatic rings. The van der Waals surface area contributed by atoms with Gasteiger partial charge in [-0.3, -0.25) is 9.59 Å². The molecule has 0 atom stereocenters. The van der Waals surface area contributed by atoms with Gasteiger partial charge in [0.2, 0.25) is 5.91 Å². The van der Waals surface area contributed by atoms with Crippen molar-refractivity contribution in [3.05, 3.63) is 41.0 Å². The summed E-state index contributed by atoms with van der Waals surface area (Å²) in [4.78, 5) is 30.9. The van der Waals surface area contributed by atoms with Gasteiger partial charge in [-0.1, -0.05) is 32.0 Å². The van der Waals surface area contributed by atoms with Crippen LogP contribution in [0.1, 0.15) is 61.2 Å². The first-order valence-electron chi connectivity index (χ1n) is 10.9. The van der Waals surface area contributed by atoms with Crippen LogP contribution in [0.4, 0.5) is 26.3 Å². The Morgan fingerprint density at radius 2 is 1.65 bits per heavy atom. The number of nitrogens with one attached hydrogen (secondary N) is 3. The van der Waals surface area contributed by atoms with Gasteiger partial charge in [0, 0.05) is 13.0 Å². The fraction of sp³-hybridized carbons (Fsp3) is 0.500. The summed E-state index contributed by atoms with van der Waals surface area (Å²) < 4.78 is 75.6. The fourth-order valence-electron chi connectivity index (χ4n) is 2.53. The van der Waals surface area contributed by atoms with Gasteiger partial charge in [0.1, 0.15) is 11.5 Å². The first kappa shape index (κ1) is 29.6. The summed E-state index contributed by atoms with van der Waals surface area (Å²) >= 11 is 0. The number of hydrogen-bond donors (Lipinski definition) is 3. The van der Waals surface area contributed by atoms with Gasteiger partial charge >= 0.3 is 12.4 Å². The predicted octanol–water partition coefficient (Wildman–Crippen LogP) is 4.74. The lowest BCUT2D eigenvalue weighted by Gasteiger charge is -2.21. The van der Waals surface area contributed by atoms with Crippen LogP contribution in [-0.2, 0) is 17.9 Å². The molecular weight excluding hydrogens is 510 g/mol. The summed E-state index contributed by atoms with van der Waals surface area (Å²) in [6.45, 7) is 5.24. The standard InChI is InChI=1S/C17H17F3N6O3.C5H9F3/c1-9-15(26-29-25-9)16(28)22-8-13-23-11-3-2-10(6-12(11)24-13)7-21-14(27)4-5-17(18,19)20;1-4(2,3)5(6,7)8/h2-3,6H,4-5,7-8H2,1H3,(H,21,27)(H,22,28)(H,23,24);1-3H3. The molecule has 0 aliphatic carbocycles. The summed E-state index contributed by atoms with van der Waals surface area (Å²) in [5.41, 5.74) is 0.892. The first-order chi connectivity index (χ1) is 17.0. The Hall–Kier alpha value is -3.65. The Morgan fingerprint density at radius 1 is 1.00 bits per heavy atom. The van der Waals surface area contributed by atoms with Gasteiger partial charge in [0.25, 0.3) is 5.91 Å². The molecule has 3 aromatic rings. The average Bonchev–Trinajstić information content (AvgIpc) is 3.38. The second-order valence-corrected chi connectivity index (χ2v) is 9.06. The van der Waals surface area contributed by atoms with Crippen molar-refractivity contribution in [1.29, 1.82) is 0 Å². The molecule has 3 rings (SSSR count). The molecule has 2 aromatic heterocycles. The molecule has 0 fully saturated rings. The van der Waals surface area contributed by atoms with Crippen molar-refractivity contribution in [2.24, 2.45) is 5.41 Å². The number of amides is 2. The largest absolute Gasteiger partial charge is 0.393 e. The highest BCUT2D eigenvalue weighted by Crippen LogP contribution is 2.36. The van der Waals surface area contributed by atoms with Crippen LogP contribution in [0.25, 0.3) is 11.0 Å². The predicted molar refractivity (Wildman–Crippen MR) is 119 cm³/mol. The van der Waals surface area contributed by atoms with E-state index in [1.807, 2.05) is 0 Å². The van der Waals surface area contributed by atoms with Gasteiger partial charge in [-0.05, 0) is 29.8 Å². The Bertz CT molecular complexity index is 1200. The fourth-order valence-corrected chi connectivity index (χ4v) is 2.53. The van der Waals surface area contributed by atoms with E-state index in [4.69, 9.17) is 0 Å². The van der Waals surface area contributed by atoms with Gasteiger partial charge in [0.05, 0.1) is 29.4 Å². The highest BCUT2D eigenvalue weighted by molar-refractivity contribution is 5.92. The second kappa shape index (κ2) is 11.6. The lowest BCUT2D eigenvalue weighted by molar-refractivity contribution is -0.204. The number of carbonyl (C=O) groups is 2. The molecule has 2 heterocycles. The Labute approximate surface area is 207 Å². The van der Waals surface area contributed by atoms with E-state index in [1.54, 1.807) is 25.1 Å². The molecule has 0 bridgehead atoms. The van der Waals surface area contributed by atoms with Crippen molar-refractivity contribution in [1.82, 2.24) is 30.9 Å². The highest BCUT2D eigenvalue weighted by Gasteiger charge is 2.42. The number of halogens is 6. The smallest absolute Gasteiger partial charge is 0.352 e. The van der Waals surface area contributed by atoms with Crippen molar-refractivity contribution >= 4 is 22.8 Å². The zero-order valence-corrected chi connectivity index (χ0v) is 20.4. The quantitative estimate of drug-likeness (QED) is 0.375. The summed E-state index contributed by atoms with van der Waals surface area (Å²) in [6, 6.07) is 5.14. The van der Waals surface area contributed by atoms with E-state index in [0.717, 1.165) is 20.8 Å². The van der Waals surface area contributed by atoms with E-state index < -0.39 is 42.4 Å². The van der Waals surface area contributed by atoms with Crippen LogP contribution in [0.15, 0.2) is 22.8 Å². The number of aryl methyl sites for hydroxylation is 1. The number of alkyl halides is 6. The number of benzene rings is 1. The highest BCUT2D eigenvalue weighted by atomic mass is 19.4. The van der Waals surface area contributed by atoms with Crippen LogP contribution in [-0.4, -0.2) is 44.4 Å². The van der Waals surface area contributed by atoms with Crippen LogP contribution in [0.3, 0.4) is 0 Å². The minimum absolute atomic E-state index is 0.0876. The van der Waals surface area contributed by atoms with Crippen molar-refractivity contribution < 1.29 is 40.6 Å². The maximum Gasteiger partial charge on any atom is 0.393 e. The van der Waals surface area contributed by atoms with E-state index >= 15 is 0 Å². The number of carbonyl (C=O) groups excluding carboxylic acids is 2. The van der Waals surface area contributed by atoms with Gasteiger partial charge in [-0.15, -0.1) is 0 Å². The molecule has 37 heavy (non-hydrogen) atoms. The zero-order valence-electron chi connectivity index (χ0n) is 20.4. The number of H-pyrrole nitrogens is 1. The van der Waals surface area contributed by atoms with Crippen LogP contribution in [0.2, 0.25) is 0 Å². The molecule has 204 valence electrons. The van der Waals surface area contributed by atoms with E-state index in [2.05, 4.69) is 35.5 Å². The SMILES string of the molecule is CC(C)(C)C(F)(F)F.Cc1nonc1C(=O)NCc1nc2ccc(CNC(=O)CCC(F)(F)F)cc2[nH]1. The molecule has 0 saturated heterocycles. The van der Waals surface area contributed by atoms with Crippen LogP contribution in [0.5, 0.6) is 0 Å². The summed E-state index contributed by atoms with van der Waals surface area (Å²) in [5, 5.41) is 12.1. The minimum Gasteiger partial charge on any atom is -0.352 e. The number of imidazole rings is 1. The lowest BCUT2D eigenvalue weighted by Crippen LogP contribution is -2.28. The van der Waals surface area contributed by atoms with E-state index in [0.29, 0.717) is 28.1 Å². The maximum absolute atomic E-state index is 12.1. The lowest BCUT2D eigenvalue weighted by atomic mass is 9.96. The second-order valence-electron chi connectivity index (χ2n) is 9.06. The van der Waals surface area contributed by atoms with Crippen LogP contribution in [0, 0.1) is 12.3 Å². The molecule has 0 aliphatic heterocycles. The molecule has 3 N–H and O–H groups in total. The average molecular weight is 536 g/mol. The molecule has 0 unspecified atom stereocenters. The normalized spacial score (nSPS) is 12.2. The van der Waals surface area contributed by atoms with Crippen molar-refractivity contribution in [2.75, 3.05) is 0 Å². The third kappa shape index (κ3) is 9.38. The molecule has 0 saturated carbocycles. The summed E-state index contributed by atoms with van der Waals surface area (Å²) in [5.74, 6) is -0.631. The van der Waals surface area contributed by atoms with Crippen LogP contribution >= 0.6 is 0 Å². The molecule has 2 amide bonds. The Morgan fingerprint density at radius 3 is 2.19 bits per heavy atom. The van der Waals surface area contributed by atoms with Gasteiger partial charge < -0.3 is 15.6 Å². The number of aromatic nitrogens is 4. The number of fused-ring (bicyclic) bond motifs is 1. The minimum atomic E-state index is -4.36. The number of rotatable bonds is 7. The maximum atomic E-state index is 12.1. The molecular formula is C22H26F6N6O3. The van der Waals surface area contributed by atoms with E-state index in [9.17, 15) is 35.9 Å². The Kier molecular flexibility index (Phi) is 9.27. The molecule has 0 spiro atoms. The third-order valence-corrected chi connectivity index (χ3v) is 4.86. The molecule has 9 nitrogen and oxygen atoms in total. The van der Waals surface area contributed by atoms with Crippen LogP contribution < -0.4 is 10.6 Å². The van der Waals surface area contributed by atoms with E-state index in [-0.39, 0.29) is 18.8 Å². The topological polar surface area (TPSA) is 126 Å². The molecule has 1 aromatic carbocycles.